The zero-order chi connectivity index (χ0) is 61.5. The Balaban J connectivity index is 0.000000124. The molecule has 0 saturated carbocycles. The van der Waals surface area contributed by atoms with Crippen molar-refractivity contribution < 1.29 is 27.6 Å². The number of hydrogen-bond donors (Lipinski definition) is 6. The number of fused-ring (bicyclic) bond motifs is 3. The number of rotatable bonds is 15. The normalized spacial score (nSPS) is 14.2. The summed E-state index contributed by atoms with van der Waals surface area (Å²) in [5.41, 5.74) is 25.8. The van der Waals surface area contributed by atoms with Crippen LogP contribution in [0.5, 0.6) is 0 Å². The van der Waals surface area contributed by atoms with Crippen LogP contribution >= 0.6 is 0 Å². The number of pyridine rings is 1. The van der Waals surface area contributed by atoms with Crippen LogP contribution in [0, 0.1) is 0 Å². The molecule has 1 aromatic carbocycles. The minimum atomic E-state index is -0.623. The molecular formula is C63H63N21O6. The molecule has 14 heterocycles. The largest absolute Gasteiger partial charge is 0.458 e. The molecule has 0 radical (unpaired) electrons. The number of nitrogens with one attached hydrogen (secondary N) is 3. The number of nitrogens with two attached hydrogens (primary N) is 3. The topological polar surface area (TPSA) is 344 Å². The zero-order valence-electron chi connectivity index (χ0n) is 48.9. The van der Waals surface area contributed by atoms with E-state index in [2.05, 4.69) is 99.8 Å². The number of primary amides is 3. The van der Waals surface area contributed by atoms with Crippen LogP contribution in [0.3, 0.4) is 0 Å². The van der Waals surface area contributed by atoms with Crippen LogP contribution in [-0.4, -0.2) is 115 Å². The smallest absolute Gasteiger partial charge is 0.284 e. The molecule has 27 nitrogen and oxygen atoms in total. The molecule has 9 N–H and O–H groups in total. The Bertz CT molecular complexity index is 4020. The van der Waals surface area contributed by atoms with Crippen LogP contribution in [0.1, 0.15) is 89.5 Å². The number of carbonyl (C=O) groups excluding carboxylic acids is 3. The van der Waals surface area contributed by atoms with Gasteiger partial charge < -0.3 is 61.1 Å². The van der Waals surface area contributed by atoms with Crippen LogP contribution in [0.2, 0.25) is 0 Å². The van der Waals surface area contributed by atoms with E-state index in [1.165, 1.54) is 82.3 Å². The van der Waals surface area contributed by atoms with E-state index in [0.717, 1.165) is 85.2 Å². The number of carbonyl (C=O) groups is 3. The first-order valence-corrected chi connectivity index (χ1v) is 29.6. The highest BCUT2D eigenvalue weighted by Crippen LogP contribution is 2.32. The van der Waals surface area contributed by atoms with E-state index in [1.807, 2.05) is 50.1 Å². The Morgan fingerprint density at radius 3 is 1.17 bits per heavy atom. The molecule has 3 saturated heterocycles. The fourth-order valence-electron chi connectivity index (χ4n) is 11.2. The third-order valence-electron chi connectivity index (χ3n) is 15.8. The molecule has 90 heavy (non-hydrogen) atoms. The Morgan fingerprint density at radius 2 is 0.767 bits per heavy atom. The maximum absolute atomic E-state index is 11.3. The van der Waals surface area contributed by atoms with Crippen molar-refractivity contribution >= 4 is 86.6 Å². The second kappa shape index (κ2) is 25.7. The maximum atomic E-state index is 11.3. The highest BCUT2D eigenvalue weighted by Gasteiger charge is 2.21. The molecule has 27 heteroatoms. The third-order valence-corrected chi connectivity index (χ3v) is 15.8. The second-order valence-electron chi connectivity index (χ2n) is 21.8. The first kappa shape index (κ1) is 57.4. The molecule has 3 amide bonds. The van der Waals surface area contributed by atoms with Gasteiger partial charge in [-0.1, -0.05) is 0 Å². The van der Waals surface area contributed by atoms with Crippen LogP contribution in [0.15, 0.2) is 161 Å². The van der Waals surface area contributed by atoms with Crippen molar-refractivity contribution in [1.82, 2.24) is 58.1 Å². The summed E-state index contributed by atoms with van der Waals surface area (Å²) in [7, 11) is 0. The van der Waals surface area contributed by atoms with Crippen molar-refractivity contribution in [1.29, 1.82) is 0 Å². The summed E-state index contributed by atoms with van der Waals surface area (Å²) < 4.78 is 21.3. The molecule has 456 valence electrons. The lowest BCUT2D eigenvalue weighted by Crippen LogP contribution is -2.30. The van der Waals surface area contributed by atoms with E-state index in [1.54, 1.807) is 67.8 Å². The SMILES string of the molecule is NC(=O)c1cc(-c2cnc(Nc3ccc(N4CCCCC4)cc3)c3nccn23)co1.NC(=O)c1cc(-c2cnc(Nc3ccc(N4CCCCC4)nc3)c3nccn23)co1.NC(=O)c1cc(-c2cnc(Nc3cnc(N4CCCCC4)nc3)c3nccn23)co1. The van der Waals surface area contributed by atoms with Gasteiger partial charge in [0.05, 0.1) is 65.6 Å². The van der Waals surface area contributed by atoms with E-state index in [4.69, 9.17) is 30.5 Å². The zero-order valence-corrected chi connectivity index (χ0v) is 48.9. The van der Waals surface area contributed by atoms with Gasteiger partial charge in [-0.15, -0.1) is 0 Å². The van der Waals surface area contributed by atoms with E-state index in [0.29, 0.717) is 51.1 Å². The lowest BCUT2D eigenvalue weighted by molar-refractivity contribution is 0.0966. The van der Waals surface area contributed by atoms with E-state index < -0.39 is 17.7 Å². The molecule has 3 aliphatic heterocycles. The first-order chi connectivity index (χ1) is 44.1. The molecule has 0 aliphatic carbocycles. The molecule has 15 rings (SSSR count). The minimum Gasteiger partial charge on any atom is -0.458 e. The van der Waals surface area contributed by atoms with Crippen LogP contribution in [-0.2, 0) is 0 Å². The van der Waals surface area contributed by atoms with Crippen molar-refractivity contribution in [3.05, 3.63) is 165 Å². The van der Waals surface area contributed by atoms with Crippen LogP contribution in [0.4, 0.5) is 52.0 Å². The molecule has 12 aromatic rings. The Kier molecular flexibility index (Phi) is 16.4. The van der Waals surface area contributed by atoms with Crippen molar-refractivity contribution in [3.8, 4) is 33.8 Å². The summed E-state index contributed by atoms with van der Waals surface area (Å²) in [6.45, 7) is 6.35. The van der Waals surface area contributed by atoms with Gasteiger partial charge in [-0.25, -0.2) is 44.9 Å². The molecule has 3 aliphatic rings. The summed E-state index contributed by atoms with van der Waals surface area (Å²) in [5, 5.41) is 9.88. The fourth-order valence-corrected chi connectivity index (χ4v) is 11.2. The summed E-state index contributed by atoms with van der Waals surface area (Å²) in [6, 6.07) is 17.2. The summed E-state index contributed by atoms with van der Waals surface area (Å²) >= 11 is 0. The maximum Gasteiger partial charge on any atom is 0.284 e. The van der Waals surface area contributed by atoms with Gasteiger partial charge in [-0.05, 0) is 112 Å². The molecule has 0 bridgehead atoms. The molecule has 0 unspecified atom stereocenters. The highest BCUT2D eigenvalue weighted by molar-refractivity contribution is 5.93. The van der Waals surface area contributed by atoms with Crippen LogP contribution in [0.25, 0.3) is 50.7 Å². The van der Waals surface area contributed by atoms with Crippen molar-refractivity contribution in [2.24, 2.45) is 17.2 Å². The lowest BCUT2D eigenvalue weighted by Gasteiger charge is -2.28. The molecule has 0 atom stereocenters. The Morgan fingerprint density at radius 1 is 0.389 bits per heavy atom. The van der Waals surface area contributed by atoms with Gasteiger partial charge in [0.2, 0.25) is 5.95 Å². The average molecular weight is 1210 g/mol. The van der Waals surface area contributed by atoms with Gasteiger partial charge in [-0.3, -0.25) is 27.6 Å². The summed E-state index contributed by atoms with van der Waals surface area (Å²) in [6.07, 6.45) is 36.6. The van der Waals surface area contributed by atoms with Crippen molar-refractivity contribution in [3.63, 3.8) is 0 Å². The van der Waals surface area contributed by atoms with Gasteiger partial charge >= 0.3 is 0 Å². The number of nitrogens with zero attached hydrogens (tertiary/aromatic N) is 15. The number of hydrogen-bond acceptors (Lipinski definition) is 21. The van der Waals surface area contributed by atoms with Gasteiger partial charge in [0.1, 0.15) is 24.6 Å². The number of piperidine rings is 3. The number of benzene rings is 1. The molecule has 11 aromatic heterocycles. The quantitative estimate of drug-likeness (QED) is 0.0556. The van der Waals surface area contributed by atoms with E-state index in [9.17, 15) is 14.4 Å². The molecular weight excluding hydrogens is 1150 g/mol. The Hall–Kier alpha value is -11.6. The van der Waals surface area contributed by atoms with Gasteiger partial charge in [0, 0.05) is 105 Å². The standard InChI is InChI=1S/C22H22N6O2.C21H21N7O2.C20H20N8O2/c23-20(29)19-12-15(14-30-19)18-13-25-21(22-24-8-11-28(18)22)26-16-4-6-17(7-5-16)27-9-2-1-3-10-27;22-19(29)17-10-14(13-30-17)16-12-25-20(21-23-6-9-28(16)21)26-15-4-5-18(24-11-15)27-7-2-1-3-8-27;21-17(29)16-8-13(12-30-16)15-11-23-18(19-22-4-7-28(15)19)26-14-9-24-20(25-10-14)27-5-2-1-3-6-27/h4-8,11-14H,1-3,9-10H2,(H2,23,29)(H,25,26);4-6,9-13H,1-3,7-8H2,(H2,22,29)(H,25,26);4,7-12H,1-3,5-6H2,(H2,21,29)(H,23,26). The fraction of sp³-hybridized carbons (Fsp3) is 0.238. The van der Waals surface area contributed by atoms with Crippen molar-refractivity contribution in [2.75, 3.05) is 69.9 Å². The summed E-state index contributed by atoms with van der Waals surface area (Å²) in [5.74, 6) is 2.01. The number of aromatic nitrogens is 12. The number of anilines is 9. The molecule has 0 spiro atoms. The van der Waals surface area contributed by atoms with E-state index >= 15 is 0 Å². The third kappa shape index (κ3) is 12.5. The summed E-state index contributed by atoms with van der Waals surface area (Å²) in [4.78, 5) is 81.3. The van der Waals surface area contributed by atoms with Crippen LogP contribution < -0.4 is 47.9 Å². The number of furan rings is 3. The lowest BCUT2D eigenvalue weighted by atomic mass is 10.1. The second-order valence-corrected chi connectivity index (χ2v) is 21.8. The Labute approximate surface area is 514 Å². The predicted molar refractivity (Wildman–Crippen MR) is 338 cm³/mol. The number of imidazole rings is 3. The predicted octanol–water partition coefficient (Wildman–Crippen LogP) is 9.65. The molecule has 3 fully saturated rings. The first-order valence-electron chi connectivity index (χ1n) is 29.6. The monoisotopic (exact) mass is 1210 g/mol. The average Bonchev–Trinajstić information content (AvgIpc) is 1.76. The van der Waals surface area contributed by atoms with E-state index in [-0.39, 0.29) is 17.3 Å². The van der Waals surface area contributed by atoms with Gasteiger partial charge in [0.15, 0.2) is 51.7 Å². The van der Waals surface area contributed by atoms with Gasteiger partial charge in [-0.2, -0.15) is 0 Å². The minimum absolute atomic E-state index is 0.0893. The van der Waals surface area contributed by atoms with Gasteiger partial charge in [0.25, 0.3) is 17.7 Å². The van der Waals surface area contributed by atoms with Crippen molar-refractivity contribution in [2.45, 2.75) is 57.8 Å². The number of amides is 3. The highest BCUT2D eigenvalue weighted by atomic mass is 16.3.